The number of ether oxygens (including phenoxy) is 2. The number of Topliss-reactive ketones (excluding diaryl/α,β-unsaturated/α-hetero) is 1. The molecule has 0 aliphatic heterocycles. The molecule has 3 rings (SSSR count). The van der Waals surface area contributed by atoms with Crippen molar-refractivity contribution in [3.05, 3.63) is 57.5 Å². The van der Waals surface area contributed by atoms with Crippen LogP contribution in [0.3, 0.4) is 0 Å². The predicted octanol–water partition coefficient (Wildman–Crippen LogP) is 2.31. The minimum absolute atomic E-state index is 0.0463. The van der Waals surface area contributed by atoms with E-state index in [1.807, 2.05) is 0 Å². The Labute approximate surface area is 146 Å². The number of nitrogens with zero attached hydrogens (tertiary/aromatic N) is 1. The van der Waals surface area contributed by atoms with Crippen molar-refractivity contribution in [2.45, 2.75) is 13.5 Å². The lowest BCUT2D eigenvalue weighted by Crippen LogP contribution is -2.17. The summed E-state index contributed by atoms with van der Waals surface area (Å²) in [5, 5.41) is 1.77. The second kappa shape index (κ2) is 7.27. The lowest BCUT2D eigenvalue weighted by molar-refractivity contribution is -0.147. The number of esters is 1. The number of benzene rings is 1. The van der Waals surface area contributed by atoms with Crippen LogP contribution in [0.1, 0.15) is 23.1 Å². The lowest BCUT2D eigenvalue weighted by Gasteiger charge is -2.07. The molecule has 0 unspecified atom stereocenters. The number of ketones is 1. The van der Waals surface area contributed by atoms with Gasteiger partial charge in [-0.3, -0.25) is 9.59 Å². The zero-order valence-corrected chi connectivity index (χ0v) is 14.1. The van der Waals surface area contributed by atoms with Gasteiger partial charge in [-0.1, -0.05) is 0 Å². The number of thiophene rings is 1. The van der Waals surface area contributed by atoms with E-state index in [0.29, 0.717) is 21.5 Å². The van der Waals surface area contributed by atoms with Crippen molar-refractivity contribution in [2.75, 3.05) is 6.61 Å². The normalized spacial score (nSPS) is 10.6. The molecule has 0 spiro atoms. The molecule has 1 N–H and O–H groups in total. The summed E-state index contributed by atoms with van der Waals surface area (Å²) in [4.78, 5) is 41.5. The molecule has 0 fully saturated rings. The van der Waals surface area contributed by atoms with Crippen molar-refractivity contribution in [2.24, 2.45) is 0 Å². The van der Waals surface area contributed by atoms with Gasteiger partial charge in [0.1, 0.15) is 22.9 Å². The van der Waals surface area contributed by atoms with Crippen LogP contribution in [0.15, 0.2) is 40.5 Å². The molecule has 3 aromatic rings. The largest absolute Gasteiger partial charge is 0.482 e. The smallest absolute Gasteiger partial charge is 0.344 e. The highest BCUT2D eigenvalue weighted by molar-refractivity contribution is 7.17. The van der Waals surface area contributed by atoms with E-state index in [9.17, 15) is 14.4 Å². The molecule has 0 amide bonds. The Kier molecular flexibility index (Phi) is 4.90. The number of carbonyl (C=O) groups excluding carboxylic acids is 2. The van der Waals surface area contributed by atoms with Gasteiger partial charge in [-0.05, 0) is 42.6 Å². The van der Waals surface area contributed by atoms with Crippen molar-refractivity contribution < 1.29 is 19.1 Å². The van der Waals surface area contributed by atoms with Crippen LogP contribution < -0.4 is 10.3 Å². The minimum Gasteiger partial charge on any atom is -0.482 e. The Balaban J connectivity index is 1.53. The Morgan fingerprint density at radius 1 is 1.20 bits per heavy atom. The Hall–Kier alpha value is -3.00. The average molecular weight is 358 g/mol. The maximum absolute atomic E-state index is 11.8. The van der Waals surface area contributed by atoms with E-state index < -0.39 is 5.97 Å². The lowest BCUT2D eigenvalue weighted by atomic mass is 10.1. The molecule has 128 valence electrons. The van der Waals surface area contributed by atoms with Gasteiger partial charge in [0.15, 0.2) is 12.4 Å². The third-order valence-corrected chi connectivity index (χ3v) is 4.25. The summed E-state index contributed by atoms with van der Waals surface area (Å²) < 4.78 is 10.9. The van der Waals surface area contributed by atoms with Crippen molar-refractivity contribution >= 4 is 33.3 Å². The van der Waals surface area contributed by atoms with Crippen molar-refractivity contribution in [1.82, 2.24) is 9.97 Å². The molecule has 0 saturated heterocycles. The SMILES string of the molecule is CC(=O)c1ccc(OCC(=O)OCc2nc3ccsc3c(=O)[nH]2)cc1. The first-order valence-electron chi connectivity index (χ1n) is 7.39. The molecule has 2 aromatic heterocycles. The van der Waals surface area contributed by atoms with Gasteiger partial charge in [-0.2, -0.15) is 0 Å². The zero-order valence-electron chi connectivity index (χ0n) is 13.3. The van der Waals surface area contributed by atoms with Crippen molar-refractivity contribution in [3.8, 4) is 5.75 Å². The first-order chi connectivity index (χ1) is 12.0. The highest BCUT2D eigenvalue weighted by Crippen LogP contribution is 2.14. The van der Waals surface area contributed by atoms with E-state index in [4.69, 9.17) is 9.47 Å². The van der Waals surface area contributed by atoms with E-state index in [1.165, 1.54) is 18.3 Å². The number of rotatable bonds is 6. The van der Waals surface area contributed by atoms with E-state index in [2.05, 4.69) is 9.97 Å². The second-order valence-corrected chi connectivity index (χ2v) is 6.09. The maximum atomic E-state index is 11.8. The summed E-state index contributed by atoms with van der Waals surface area (Å²) in [7, 11) is 0. The summed E-state index contributed by atoms with van der Waals surface area (Å²) in [6, 6.07) is 8.18. The number of carbonyl (C=O) groups is 2. The number of H-pyrrole nitrogens is 1. The summed E-state index contributed by atoms with van der Waals surface area (Å²) >= 11 is 1.30. The van der Waals surface area contributed by atoms with Gasteiger partial charge in [-0.15, -0.1) is 11.3 Å². The molecule has 0 bridgehead atoms. The Morgan fingerprint density at radius 3 is 2.68 bits per heavy atom. The van der Waals surface area contributed by atoms with Crippen molar-refractivity contribution in [1.29, 1.82) is 0 Å². The molecule has 25 heavy (non-hydrogen) atoms. The van der Waals surface area contributed by atoms with Gasteiger partial charge in [0, 0.05) is 5.56 Å². The standard InChI is InChI=1S/C17H14N2O5S/c1-10(20)11-2-4-12(5-3-11)23-9-15(21)24-8-14-18-13-6-7-25-16(13)17(22)19-14/h2-7H,8-9H2,1H3,(H,18,19,22). The van der Waals surface area contributed by atoms with Crippen LogP contribution in [0.25, 0.3) is 10.2 Å². The highest BCUT2D eigenvalue weighted by atomic mass is 32.1. The van der Waals surface area contributed by atoms with Gasteiger partial charge in [0.05, 0.1) is 5.52 Å². The first kappa shape index (κ1) is 16.8. The summed E-state index contributed by atoms with van der Waals surface area (Å²) in [6.07, 6.45) is 0. The molecule has 8 heteroatoms. The van der Waals surface area contributed by atoms with Gasteiger partial charge < -0.3 is 14.5 Å². The van der Waals surface area contributed by atoms with Crippen LogP contribution in [0.4, 0.5) is 0 Å². The fourth-order valence-corrected chi connectivity index (χ4v) is 2.83. The second-order valence-electron chi connectivity index (χ2n) is 5.18. The highest BCUT2D eigenvalue weighted by Gasteiger charge is 2.09. The van der Waals surface area contributed by atoms with Crippen LogP contribution in [0, 0.1) is 0 Å². The molecule has 0 aliphatic rings. The van der Waals surface area contributed by atoms with E-state index in [-0.39, 0.29) is 30.4 Å². The number of hydrogen-bond acceptors (Lipinski definition) is 7. The molecule has 0 radical (unpaired) electrons. The maximum Gasteiger partial charge on any atom is 0.344 e. The topological polar surface area (TPSA) is 98.3 Å². The molecule has 0 aliphatic carbocycles. The van der Waals surface area contributed by atoms with Crippen molar-refractivity contribution in [3.63, 3.8) is 0 Å². The Morgan fingerprint density at radius 2 is 1.96 bits per heavy atom. The predicted molar refractivity (Wildman–Crippen MR) is 92.0 cm³/mol. The molecular weight excluding hydrogens is 344 g/mol. The number of nitrogens with one attached hydrogen (secondary N) is 1. The van der Waals surface area contributed by atoms with Gasteiger partial charge >= 0.3 is 5.97 Å². The Bertz CT molecular complexity index is 975. The van der Waals surface area contributed by atoms with Crippen LogP contribution in [0.2, 0.25) is 0 Å². The summed E-state index contributed by atoms with van der Waals surface area (Å²) in [5.41, 5.74) is 0.878. The van der Waals surface area contributed by atoms with Crippen LogP contribution >= 0.6 is 11.3 Å². The molecule has 0 atom stereocenters. The van der Waals surface area contributed by atoms with Crippen LogP contribution in [-0.4, -0.2) is 28.3 Å². The zero-order chi connectivity index (χ0) is 17.8. The molecular formula is C17H14N2O5S. The van der Waals surface area contributed by atoms with Crippen LogP contribution in [-0.2, 0) is 16.1 Å². The quantitative estimate of drug-likeness (QED) is 0.536. The van der Waals surface area contributed by atoms with Gasteiger partial charge in [-0.25, -0.2) is 9.78 Å². The van der Waals surface area contributed by atoms with Gasteiger partial charge in [0.25, 0.3) is 5.56 Å². The van der Waals surface area contributed by atoms with Crippen LogP contribution in [0.5, 0.6) is 5.75 Å². The van der Waals surface area contributed by atoms with Gasteiger partial charge in [0.2, 0.25) is 0 Å². The third-order valence-electron chi connectivity index (χ3n) is 3.35. The third kappa shape index (κ3) is 4.10. The first-order valence-corrected chi connectivity index (χ1v) is 8.27. The van der Waals surface area contributed by atoms with E-state index in [0.717, 1.165) is 0 Å². The molecule has 2 heterocycles. The monoisotopic (exact) mass is 358 g/mol. The summed E-state index contributed by atoms with van der Waals surface area (Å²) in [5.74, 6) is 0.0852. The van der Waals surface area contributed by atoms with E-state index in [1.54, 1.807) is 35.7 Å². The average Bonchev–Trinajstić information content (AvgIpc) is 3.07. The number of hydrogen-bond donors (Lipinski definition) is 1. The van der Waals surface area contributed by atoms with E-state index >= 15 is 0 Å². The fourth-order valence-electron chi connectivity index (χ4n) is 2.11. The molecule has 1 aromatic carbocycles. The molecule has 7 nitrogen and oxygen atoms in total. The summed E-state index contributed by atoms with van der Waals surface area (Å²) in [6.45, 7) is 1.04. The number of aromatic nitrogens is 2. The number of aromatic amines is 1. The molecule has 0 saturated carbocycles. The minimum atomic E-state index is -0.594. The fraction of sp³-hybridized carbons (Fsp3) is 0.176. The number of fused-ring (bicyclic) bond motifs is 1.